The van der Waals surface area contributed by atoms with Crippen LogP contribution in [0.25, 0.3) is 0 Å². The Morgan fingerprint density at radius 2 is 1.55 bits per heavy atom. The molecule has 0 saturated carbocycles. The molecule has 0 unspecified atom stereocenters. The molecule has 3 amide bonds. The normalized spacial score (nSPS) is 11.2. The Labute approximate surface area is 180 Å². The molecule has 1 heterocycles. The van der Waals surface area contributed by atoms with Gasteiger partial charge in [-0.3, -0.25) is 4.79 Å². The van der Waals surface area contributed by atoms with E-state index in [4.69, 9.17) is 4.42 Å². The molecule has 3 rings (SSSR count). The lowest BCUT2D eigenvalue weighted by molar-refractivity contribution is 0.102. The number of sulfone groups is 1. The van der Waals surface area contributed by atoms with Gasteiger partial charge in [0.1, 0.15) is 5.76 Å². The zero-order chi connectivity index (χ0) is 22.4. The third-order valence-corrected chi connectivity index (χ3v) is 6.67. The third-order valence-electron chi connectivity index (χ3n) is 4.46. The molecule has 8 nitrogen and oxygen atoms in total. The highest BCUT2D eigenvalue weighted by Crippen LogP contribution is 2.22. The lowest BCUT2D eigenvalue weighted by Gasteiger charge is -2.13. The second-order valence-electron chi connectivity index (χ2n) is 7.01. The molecule has 0 bridgehead atoms. The Morgan fingerprint density at radius 3 is 2.16 bits per heavy atom. The summed E-state index contributed by atoms with van der Waals surface area (Å²) >= 11 is 0. The number of benzene rings is 2. The molecule has 0 atom stereocenters. The first-order valence-electron chi connectivity index (χ1n) is 9.59. The average Bonchev–Trinajstić information content (AvgIpc) is 3.27. The van der Waals surface area contributed by atoms with Crippen LogP contribution in [0.1, 0.15) is 30.0 Å². The van der Waals surface area contributed by atoms with E-state index in [-0.39, 0.29) is 17.0 Å². The smallest absolute Gasteiger partial charge is 0.319 e. The van der Waals surface area contributed by atoms with Crippen molar-refractivity contribution in [3.8, 4) is 0 Å². The average molecular weight is 442 g/mol. The Morgan fingerprint density at radius 1 is 0.903 bits per heavy atom. The Kier molecular flexibility index (Phi) is 6.76. The molecule has 1 aromatic heterocycles. The van der Waals surface area contributed by atoms with Gasteiger partial charge in [0.25, 0.3) is 5.91 Å². The number of hydrogen-bond donors (Lipinski definition) is 3. The molecule has 0 saturated heterocycles. The SMILES string of the molecule is CC(C)S(=O)(=O)c1ccccc1C(=O)Nc1ccc(NC(=O)NCc2ccco2)cc1. The van der Waals surface area contributed by atoms with Crippen LogP contribution in [0.4, 0.5) is 16.2 Å². The zero-order valence-electron chi connectivity index (χ0n) is 17.1. The first-order chi connectivity index (χ1) is 14.8. The maximum Gasteiger partial charge on any atom is 0.319 e. The predicted molar refractivity (Wildman–Crippen MR) is 118 cm³/mol. The van der Waals surface area contributed by atoms with Crippen LogP contribution < -0.4 is 16.0 Å². The number of nitrogens with one attached hydrogen (secondary N) is 3. The molecule has 0 aliphatic rings. The highest BCUT2D eigenvalue weighted by atomic mass is 32.2. The van der Waals surface area contributed by atoms with Gasteiger partial charge in [0.15, 0.2) is 9.84 Å². The maximum atomic E-state index is 12.7. The number of carbonyl (C=O) groups is 2. The van der Waals surface area contributed by atoms with Crippen molar-refractivity contribution >= 4 is 33.2 Å². The van der Waals surface area contributed by atoms with Crippen LogP contribution >= 0.6 is 0 Å². The standard InChI is InChI=1S/C22H23N3O5S/c1-15(2)31(28,29)20-8-4-3-7-19(20)21(26)24-16-9-11-17(12-10-16)25-22(27)23-14-18-6-5-13-30-18/h3-13,15H,14H2,1-2H3,(H,24,26)(H2,23,25,27). The highest BCUT2D eigenvalue weighted by molar-refractivity contribution is 7.92. The Hall–Kier alpha value is -3.59. The van der Waals surface area contributed by atoms with Crippen molar-refractivity contribution in [3.05, 3.63) is 78.3 Å². The summed E-state index contributed by atoms with van der Waals surface area (Å²) in [7, 11) is -3.61. The van der Waals surface area contributed by atoms with E-state index in [9.17, 15) is 18.0 Å². The molecular formula is C22H23N3O5S. The number of furan rings is 1. The van der Waals surface area contributed by atoms with E-state index in [1.165, 1.54) is 18.4 Å². The van der Waals surface area contributed by atoms with Gasteiger partial charge in [0.2, 0.25) is 0 Å². The van der Waals surface area contributed by atoms with E-state index in [1.54, 1.807) is 62.4 Å². The minimum absolute atomic E-state index is 0.00554. The molecule has 0 radical (unpaired) electrons. The van der Waals surface area contributed by atoms with Crippen molar-refractivity contribution in [3.63, 3.8) is 0 Å². The zero-order valence-corrected chi connectivity index (χ0v) is 17.9. The fourth-order valence-electron chi connectivity index (χ4n) is 2.75. The van der Waals surface area contributed by atoms with Gasteiger partial charge in [-0.05, 0) is 62.4 Å². The van der Waals surface area contributed by atoms with E-state index in [0.29, 0.717) is 17.1 Å². The van der Waals surface area contributed by atoms with Gasteiger partial charge in [-0.25, -0.2) is 13.2 Å². The van der Waals surface area contributed by atoms with Crippen molar-refractivity contribution in [1.82, 2.24) is 5.32 Å². The van der Waals surface area contributed by atoms with Crippen LogP contribution in [0.3, 0.4) is 0 Å². The number of amides is 3. The minimum Gasteiger partial charge on any atom is -0.467 e. The molecule has 0 fully saturated rings. The fourth-order valence-corrected chi connectivity index (χ4v) is 3.99. The van der Waals surface area contributed by atoms with Gasteiger partial charge in [-0.2, -0.15) is 0 Å². The summed E-state index contributed by atoms with van der Waals surface area (Å²) in [5.41, 5.74) is 1.07. The van der Waals surface area contributed by atoms with Crippen LogP contribution in [0.5, 0.6) is 0 Å². The highest BCUT2D eigenvalue weighted by Gasteiger charge is 2.25. The number of hydrogen-bond acceptors (Lipinski definition) is 5. The lowest BCUT2D eigenvalue weighted by Crippen LogP contribution is -2.27. The summed E-state index contributed by atoms with van der Waals surface area (Å²) in [5, 5.41) is 7.38. The first-order valence-corrected chi connectivity index (χ1v) is 11.1. The molecular weight excluding hydrogens is 418 g/mol. The van der Waals surface area contributed by atoms with Crippen molar-refractivity contribution in [2.45, 2.75) is 30.5 Å². The topological polar surface area (TPSA) is 118 Å². The molecule has 0 spiro atoms. The molecule has 3 aromatic rings. The van der Waals surface area contributed by atoms with Gasteiger partial charge < -0.3 is 20.4 Å². The number of rotatable bonds is 7. The van der Waals surface area contributed by atoms with E-state index in [2.05, 4.69) is 16.0 Å². The molecule has 0 aliphatic carbocycles. The van der Waals surface area contributed by atoms with Gasteiger partial charge in [-0.15, -0.1) is 0 Å². The van der Waals surface area contributed by atoms with Crippen molar-refractivity contribution in [2.75, 3.05) is 10.6 Å². The minimum atomic E-state index is -3.61. The van der Waals surface area contributed by atoms with E-state index in [1.807, 2.05) is 0 Å². The summed E-state index contributed by atoms with van der Waals surface area (Å²) in [6.07, 6.45) is 1.53. The lowest BCUT2D eigenvalue weighted by atomic mass is 10.2. The summed E-state index contributed by atoms with van der Waals surface area (Å²) in [5.74, 6) is 0.102. The second kappa shape index (κ2) is 9.48. The third kappa shape index (κ3) is 5.52. The summed E-state index contributed by atoms with van der Waals surface area (Å²) < 4.78 is 30.3. The number of carbonyl (C=O) groups excluding carboxylic acids is 2. The van der Waals surface area contributed by atoms with E-state index < -0.39 is 27.0 Å². The first kappa shape index (κ1) is 22.1. The van der Waals surface area contributed by atoms with Gasteiger partial charge in [0, 0.05) is 11.4 Å². The molecule has 9 heteroatoms. The summed E-state index contributed by atoms with van der Waals surface area (Å²) in [6.45, 7) is 3.40. The fraction of sp³-hybridized carbons (Fsp3) is 0.182. The van der Waals surface area contributed by atoms with Crippen LogP contribution in [-0.2, 0) is 16.4 Å². The van der Waals surface area contributed by atoms with Gasteiger partial charge in [-0.1, -0.05) is 12.1 Å². The summed E-state index contributed by atoms with van der Waals surface area (Å²) in [6, 6.07) is 15.7. The second-order valence-corrected chi connectivity index (χ2v) is 9.48. The number of anilines is 2. The molecule has 162 valence electrons. The predicted octanol–water partition coefficient (Wildman–Crippen LogP) is 4.04. The van der Waals surface area contributed by atoms with Crippen LogP contribution in [0, 0.1) is 0 Å². The molecule has 2 aromatic carbocycles. The Bertz CT molecular complexity index is 1150. The van der Waals surface area contributed by atoms with Crippen molar-refractivity contribution in [2.24, 2.45) is 0 Å². The maximum absolute atomic E-state index is 12.7. The van der Waals surface area contributed by atoms with Gasteiger partial charge >= 0.3 is 6.03 Å². The molecule has 31 heavy (non-hydrogen) atoms. The number of urea groups is 1. The summed E-state index contributed by atoms with van der Waals surface area (Å²) in [4.78, 5) is 24.6. The largest absolute Gasteiger partial charge is 0.467 e. The van der Waals surface area contributed by atoms with Crippen molar-refractivity contribution < 1.29 is 22.4 Å². The van der Waals surface area contributed by atoms with Crippen LogP contribution in [-0.4, -0.2) is 25.6 Å². The van der Waals surface area contributed by atoms with E-state index >= 15 is 0 Å². The van der Waals surface area contributed by atoms with E-state index in [0.717, 1.165) is 0 Å². The molecule has 3 N–H and O–H groups in total. The van der Waals surface area contributed by atoms with Crippen LogP contribution in [0.2, 0.25) is 0 Å². The monoisotopic (exact) mass is 441 g/mol. The van der Waals surface area contributed by atoms with Crippen molar-refractivity contribution in [1.29, 1.82) is 0 Å². The van der Waals surface area contributed by atoms with Gasteiger partial charge in [0.05, 0.1) is 28.5 Å². The molecule has 0 aliphatic heterocycles. The van der Waals surface area contributed by atoms with Crippen LogP contribution in [0.15, 0.2) is 76.2 Å². The quantitative estimate of drug-likeness (QED) is 0.512. The Balaban J connectivity index is 1.64.